The molecule has 0 fully saturated rings. The second kappa shape index (κ2) is 5.91. The van der Waals surface area contributed by atoms with E-state index in [9.17, 15) is 0 Å². The summed E-state index contributed by atoms with van der Waals surface area (Å²) >= 11 is 5.33. The number of nitrogens with zero attached hydrogens (tertiary/aromatic N) is 1. The lowest BCUT2D eigenvalue weighted by Crippen LogP contribution is -2.19. The van der Waals surface area contributed by atoms with Crippen LogP contribution in [0, 0.1) is 6.92 Å². The molecule has 1 N–H and O–H groups in total. The van der Waals surface area contributed by atoms with Crippen molar-refractivity contribution >= 4 is 38.5 Å². The van der Waals surface area contributed by atoms with Gasteiger partial charge in [0.25, 0.3) is 0 Å². The first-order valence-corrected chi connectivity index (χ1v) is 7.70. The Morgan fingerprint density at radius 2 is 2.35 bits per heavy atom. The molecule has 0 saturated heterocycles. The van der Waals surface area contributed by atoms with E-state index >= 15 is 0 Å². The molecule has 1 aromatic rings. The van der Waals surface area contributed by atoms with Crippen LogP contribution in [0.4, 0.5) is 5.69 Å². The van der Waals surface area contributed by atoms with Crippen LogP contribution in [0.15, 0.2) is 27.7 Å². The smallest absolute Gasteiger partial charge is 0.161 e. The van der Waals surface area contributed by atoms with Crippen LogP contribution in [0.3, 0.4) is 0 Å². The molecule has 1 atom stereocenters. The Morgan fingerprint density at radius 3 is 3.06 bits per heavy atom. The number of hydrogen-bond acceptors (Lipinski definition) is 3. The van der Waals surface area contributed by atoms with E-state index in [-0.39, 0.29) is 0 Å². The Kier molecular flexibility index (Phi) is 4.51. The molecule has 0 amide bonds. The molecule has 0 spiro atoms. The van der Waals surface area contributed by atoms with Crippen LogP contribution in [0.25, 0.3) is 0 Å². The predicted octanol–water partition coefficient (Wildman–Crippen LogP) is 4.44. The standard InChI is InChI=1S/C13H17BrN2S/c1-3-10-6-7-17-13(15-10)16-11-4-5-12(14)9(2)8-11/h4-5,8,10H,3,6-7H2,1-2H3,(H,15,16). The van der Waals surface area contributed by atoms with E-state index in [1.165, 1.54) is 17.7 Å². The zero-order valence-electron chi connectivity index (χ0n) is 10.2. The quantitative estimate of drug-likeness (QED) is 0.873. The fraction of sp³-hybridized carbons (Fsp3) is 0.462. The number of rotatable bonds is 2. The minimum atomic E-state index is 0.496. The minimum absolute atomic E-state index is 0.496. The molecular formula is C13H17BrN2S. The van der Waals surface area contributed by atoms with Gasteiger partial charge in [-0.15, -0.1) is 0 Å². The molecule has 1 unspecified atom stereocenters. The molecule has 1 aliphatic rings. The molecule has 2 nitrogen and oxygen atoms in total. The van der Waals surface area contributed by atoms with E-state index in [1.807, 2.05) is 11.8 Å². The Morgan fingerprint density at radius 1 is 1.53 bits per heavy atom. The van der Waals surface area contributed by atoms with E-state index in [2.05, 4.69) is 53.3 Å². The van der Waals surface area contributed by atoms with Crippen LogP contribution in [0.1, 0.15) is 25.3 Å². The molecule has 0 aromatic heterocycles. The highest BCUT2D eigenvalue weighted by Crippen LogP contribution is 2.24. The predicted molar refractivity (Wildman–Crippen MR) is 81.1 cm³/mol. The molecule has 17 heavy (non-hydrogen) atoms. The Balaban J connectivity index is 2.09. The second-order valence-corrected chi connectivity index (χ2v) is 6.16. The third-order valence-electron chi connectivity index (χ3n) is 2.87. The number of halogens is 1. The Labute approximate surface area is 115 Å². The molecular weight excluding hydrogens is 296 g/mol. The molecule has 4 heteroatoms. The number of nitrogens with one attached hydrogen (secondary N) is 1. The summed E-state index contributed by atoms with van der Waals surface area (Å²) in [6, 6.07) is 6.79. The molecule has 1 heterocycles. The molecule has 0 bridgehead atoms. The first-order valence-electron chi connectivity index (χ1n) is 5.93. The van der Waals surface area contributed by atoms with Crippen LogP contribution < -0.4 is 5.32 Å². The molecule has 0 radical (unpaired) electrons. The van der Waals surface area contributed by atoms with Crippen molar-refractivity contribution in [3.8, 4) is 0 Å². The number of anilines is 1. The third kappa shape index (κ3) is 3.49. The van der Waals surface area contributed by atoms with Gasteiger partial charge in [-0.05, 0) is 43.5 Å². The van der Waals surface area contributed by atoms with Crippen molar-refractivity contribution in [2.45, 2.75) is 32.7 Å². The maximum Gasteiger partial charge on any atom is 0.161 e. The summed E-state index contributed by atoms with van der Waals surface area (Å²) in [7, 11) is 0. The van der Waals surface area contributed by atoms with Crippen molar-refractivity contribution in [2.75, 3.05) is 11.1 Å². The normalized spacial score (nSPS) is 19.9. The molecule has 92 valence electrons. The summed E-state index contributed by atoms with van der Waals surface area (Å²) < 4.78 is 1.15. The van der Waals surface area contributed by atoms with Crippen LogP contribution in [-0.2, 0) is 0 Å². The SMILES string of the molecule is CCC1CCSC(Nc2ccc(Br)c(C)c2)=N1. The molecule has 2 rings (SSSR count). The zero-order valence-corrected chi connectivity index (χ0v) is 12.6. The summed E-state index contributed by atoms with van der Waals surface area (Å²) in [6.45, 7) is 4.30. The number of aryl methyl sites for hydroxylation is 1. The van der Waals surface area contributed by atoms with Crippen molar-refractivity contribution in [1.29, 1.82) is 0 Å². The van der Waals surface area contributed by atoms with Gasteiger partial charge in [-0.2, -0.15) is 0 Å². The minimum Gasteiger partial charge on any atom is -0.335 e. The fourth-order valence-corrected chi connectivity index (χ4v) is 3.01. The largest absolute Gasteiger partial charge is 0.335 e. The zero-order chi connectivity index (χ0) is 12.3. The number of hydrogen-bond donors (Lipinski definition) is 1. The summed E-state index contributed by atoms with van der Waals surface area (Å²) in [5.74, 6) is 1.17. The van der Waals surface area contributed by atoms with Gasteiger partial charge in [-0.3, -0.25) is 4.99 Å². The average molecular weight is 313 g/mol. The van der Waals surface area contributed by atoms with Gasteiger partial charge in [0.2, 0.25) is 0 Å². The Hall–Kier alpha value is -0.480. The van der Waals surface area contributed by atoms with E-state index in [0.717, 1.165) is 21.7 Å². The van der Waals surface area contributed by atoms with Crippen molar-refractivity contribution in [3.05, 3.63) is 28.2 Å². The fourth-order valence-electron chi connectivity index (χ4n) is 1.77. The van der Waals surface area contributed by atoms with Gasteiger partial charge in [0.1, 0.15) is 0 Å². The number of aliphatic imine (C=N–C) groups is 1. The van der Waals surface area contributed by atoms with Gasteiger partial charge < -0.3 is 5.32 Å². The second-order valence-electron chi connectivity index (χ2n) is 4.22. The Bertz CT molecular complexity index is 431. The molecule has 1 aromatic carbocycles. The van der Waals surface area contributed by atoms with Gasteiger partial charge >= 0.3 is 0 Å². The van der Waals surface area contributed by atoms with Crippen molar-refractivity contribution in [2.24, 2.45) is 4.99 Å². The van der Waals surface area contributed by atoms with E-state index in [0.29, 0.717) is 6.04 Å². The van der Waals surface area contributed by atoms with E-state index < -0.39 is 0 Å². The monoisotopic (exact) mass is 312 g/mol. The van der Waals surface area contributed by atoms with Gasteiger partial charge in [0.15, 0.2) is 5.17 Å². The third-order valence-corrected chi connectivity index (χ3v) is 4.68. The number of thioether (sulfide) groups is 1. The number of benzene rings is 1. The van der Waals surface area contributed by atoms with Crippen LogP contribution >= 0.6 is 27.7 Å². The van der Waals surface area contributed by atoms with Gasteiger partial charge in [0.05, 0.1) is 6.04 Å². The van der Waals surface area contributed by atoms with Crippen molar-refractivity contribution in [3.63, 3.8) is 0 Å². The molecule has 1 aliphatic heterocycles. The lowest BCUT2D eigenvalue weighted by atomic mass is 10.2. The van der Waals surface area contributed by atoms with Crippen molar-refractivity contribution < 1.29 is 0 Å². The lowest BCUT2D eigenvalue weighted by Gasteiger charge is -2.19. The van der Waals surface area contributed by atoms with Crippen LogP contribution in [0.5, 0.6) is 0 Å². The van der Waals surface area contributed by atoms with E-state index in [4.69, 9.17) is 4.99 Å². The first-order chi connectivity index (χ1) is 8.19. The molecule has 0 aliphatic carbocycles. The first kappa shape index (κ1) is 13.0. The maximum absolute atomic E-state index is 4.70. The average Bonchev–Trinajstić information content (AvgIpc) is 2.34. The summed E-state index contributed by atoms with van der Waals surface area (Å²) in [5.41, 5.74) is 2.36. The van der Waals surface area contributed by atoms with Crippen LogP contribution in [0.2, 0.25) is 0 Å². The summed E-state index contributed by atoms with van der Waals surface area (Å²) in [4.78, 5) is 4.70. The summed E-state index contributed by atoms with van der Waals surface area (Å²) in [6.07, 6.45) is 2.33. The van der Waals surface area contributed by atoms with Gasteiger partial charge in [-0.1, -0.05) is 34.6 Å². The van der Waals surface area contributed by atoms with E-state index in [1.54, 1.807) is 0 Å². The number of amidine groups is 1. The van der Waals surface area contributed by atoms with Crippen molar-refractivity contribution in [1.82, 2.24) is 0 Å². The summed E-state index contributed by atoms with van der Waals surface area (Å²) in [5, 5.41) is 4.47. The highest BCUT2D eigenvalue weighted by Gasteiger charge is 2.14. The highest BCUT2D eigenvalue weighted by molar-refractivity contribution is 9.10. The molecule has 0 saturated carbocycles. The lowest BCUT2D eigenvalue weighted by molar-refractivity contribution is 0.634. The topological polar surface area (TPSA) is 24.4 Å². The van der Waals surface area contributed by atoms with Crippen LogP contribution in [-0.4, -0.2) is 17.0 Å². The maximum atomic E-state index is 4.70. The van der Waals surface area contributed by atoms with Gasteiger partial charge in [0, 0.05) is 15.9 Å². The highest BCUT2D eigenvalue weighted by atomic mass is 79.9. The van der Waals surface area contributed by atoms with Gasteiger partial charge in [-0.25, -0.2) is 0 Å².